The number of rotatable bonds is 13. The first-order valence-electron chi connectivity index (χ1n) is 15.5. The minimum atomic E-state index is -0.906. The summed E-state index contributed by atoms with van der Waals surface area (Å²) in [6, 6.07) is 11.7. The number of halogens is 1. The van der Waals surface area contributed by atoms with E-state index in [0.717, 1.165) is 36.9 Å². The highest BCUT2D eigenvalue weighted by Gasteiger charge is 2.47. The second-order valence-corrected chi connectivity index (χ2v) is 11.7. The molecule has 0 bridgehead atoms. The third-order valence-electron chi connectivity index (χ3n) is 8.83. The maximum atomic E-state index is 14.4. The molecule has 2 aliphatic rings. The molecule has 0 spiro atoms. The molecule has 3 heterocycles. The van der Waals surface area contributed by atoms with Crippen LogP contribution in [-0.4, -0.2) is 63.8 Å². The number of carbonyl (C=O) groups is 2. The van der Waals surface area contributed by atoms with Crippen LogP contribution in [0.4, 0.5) is 10.1 Å². The molecule has 0 unspecified atom stereocenters. The van der Waals surface area contributed by atoms with Crippen molar-refractivity contribution >= 4 is 17.6 Å². The summed E-state index contributed by atoms with van der Waals surface area (Å²) < 4.78 is 25.4. The number of anilines is 1. The lowest BCUT2D eigenvalue weighted by Gasteiger charge is -2.35. The fourth-order valence-corrected chi connectivity index (χ4v) is 6.75. The number of nitrogens with zero attached hydrogens (tertiary/aromatic N) is 4. The second-order valence-electron chi connectivity index (χ2n) is 11.7. The molecule has 9 nitrogen and oxygen atoms in total. The van der Waals surface area contributed by atoms with Crippen LogP contribution in [0.25, 0.3) is 0 Å². The lowest BCUT2D eigenvalue weighted by atomic mass is 9.83. The topological polar surface area (TPSA) is 105 Å². The van der Waals surface area contributed by atoms with Crippen molar-refractivity contribution in [3.8, 4) is 11.5 Å². The van der Waals surface area contributed by atoms with Crippen molar-refractivity contribution in [1.82, 2.24) is 14.9 Å². The summed E-state index contributed by atoms with van der Waals surface area (Å²) in [5, 5.41) is 10.6. The van der Waals surface area contributed by atoms with Gasteiger partial charge in [0, 0.05) is 42.1 Å². The molecule has 3 atom stereocenters. The van der Waals surface area contributed by atoms with Crippen molar-refractivity contribution in [3.05, 3.63) is 77.6 Å². The van der Waals surface area contributed by atoms with Crippen molar-refractivity contribution in [2.75, 3.05) is 24.8 Å². The third kappa shape index (κ3) is 6.85. The molecule has 1 amide bonds. The first-order chi connectivity index (χ1) is 21.3. The SMILES string of the molecule is CCCC(CCC)N(C(=O)CN1C[C@H](c2ccc3c(c2)OCO3)[C@@H](C(=O)O)[C@@H]1CCc1ccncn1)c1ccc(F)c(C)c1. The Morgan fingerprint density at radius 3 is 2.55 bits per heavy atom. The van der Waals surface area contributed by atoms with E-state index < -0.39 is 17.9 Å². The van der Waals surface area contributed by atoms with Gasteiger partial charge in [-0.3, -0.25) is 14.5 Å². The van der Waals surface area contributed by atoms with Crippen molar-refractivity contribution in [3.63, 3.8) is 0 Å². The predicted molar refractivity (Wildman–Crippen MR) is 164 cm³/mol. The van der Waals surface area contributed by atoms with Gasteiger partial charge < -0.3 is 19.5 Å². The normalized spacial score (nSPS) is 19.4. The molecule has 1 saturated heterocycles. The summed E-state index contributed by atoms with van der Waals surface area (Å²) in [5.74, 6) is -1.24. The molecule has 0 radical (unpaired) electrons. The van der Waals surface area contributed by atoms with E-state index in [1.54, 1.807) is 25.3 Å². The Morgan fingerprint density at radius 2 is 1.86 bits per heavy atom. The van der Waals surface area contributed by atoms with Gasteiger partial charge in [0.2, 0.25) is 12.7 Å². The van der Waals surface area contributed by atoms with Gasteiger partial charge in [0.1, 0.15) is 12.1 Å². The number of hydrogen-bond acceptors (Lipinski definition) is 7. The highest BCUT2D eigenvalue weighted by molar-refractivity contribution is 5.95. The van der Waals surface area contributed by atoms with Crippen molar-refractivity contribution < 1.29 is 28.6 Å². The van der Waals surface area contributed by atoms with Crippen LogP contribution >= 0.6 is 0 Å². The maximum absolute atomic E-state index is 14.4. The van der Waals surface area contributed by atoms with E-state index in [-0.39, 0.29) is 37.0 Å². The number of likely N-dealkylation sites (tertiary alicyclic amines) is 1. The van der Waals surface area contributed by atoms with Crippen LogP contribution in [0, 0.1) is 18.7 Å². The Kier molecular flexibility index (Phi) is 10.1. The van der Waals surface area contributed by atoms with Gasteiger partial charge >= 0.3 is 5.97 Å². The average Bonchev–Trinajstić information content (AvgIpc) is 3.63. The molecular weight excluding hydrogens is 563 g/mol. The van der Waals surface area contributed by atoms with Gasteiger partial charge in [0.05, 0.1) is 12.5 Å². The van der Waals surface area contributed by atoms with E-state index in [2.05, 4.69) is 23.8 Å². The quantitative estimate of drug-likeness (QED) is 0.263. The fraction of sp³-hybridized carbons (Fsp3) is 0.471. The van der Waals surface area contributed by atoms with Crippen LogP contribution in [0.15, 0.2) is 55.0 Å². The van der Waals surface area contributed by atoms with Crippen LogP contribution in [0.5, 0.6) is 11.5 Å². The van der Waals surface area contributed by atoms with Crippen LogP contribution in [-0.2, 0) is 16.0 Å². The Balaban J connectivity index is 1.49. The number of fused-ring (bicyclic) bond motifs is 1. The van der Waals surface area contributed by atoms with Gasteiger partial charge in [-0.1, -0.05) is 32.8 Å². The number of benzene rings is 2. The molecule has 2 aliphatic heterocycles. The monoisotopic (exact) mass is 604 g/mol. The first kappa shape index (κ1) is 31.4. The minimum absolute atomic E-state index is 0.0413. The van der Waals surface area contributed by atoms with E-state index in [0.29, 0.717) is 42.1 Å². The molecule has 10 heteroatoms. The number of carbonyl (C=O) groups excluding carboxylic acids is 1. The molecular formula is C34H41FN4O5. The highest BCUT2D eigenvalue weighted by Crippen LogP contribution is 2.43. The second kappa shape index (κ2) is 14.2. The lowest BCUT2D eigenvalue weighted by Crippen LogP contribution is -2.48. The summed E-state index contributed by atoms with van der Waals surface area (Å²) in [6.07, 6.45) is 7.62. The maximum Gasteiger partial charge on any atom is 0.308 e. The van der Waals surface area contributed by atoms with E-state index in [1.807, 2.05) is 34.1 Å². The Morgan fingerprint density at radius 1 is 1.09 bits per heavy atom. The molecule has 44 heavy (non-hydrogen) atoms. The molecule has 1 N–H and O–H groups in total. The molecule has 1 fully saturated rings. The van der Waals surface area contributed by atoms with E-state index in [9.17, 15) is 19.1 Å². The molecule has 3 aromatic rings. The summed E-state index contributed by atoms with van der Waals surface area (Å²) >= 11 is 0. The zero-order chi connectivity index (χ0) is 31.2. The zero-order valence-corrected chi connectivity index (χ0v) is 25.6. The van der Waals surface area contributed by atoms with E-state index in [1.165, 1.54) is 12.4 Å². The fourth-order valence-electron chi connectivity index (χ4n) is 6.75. The highest BCUT2D eigenvalue weighted by atomic mass is 19.1. The number of aryl methyl sites for hydroxylation is 2. The van der Waals surface area contributed by atoms with Crippen LogP contribution < -0.4 is 14.4 Å². The Bertz CT molecular complexity index is 1450. The van der Waals surface area contributed by atoms with Gasteiger partial charge in [0.15, 0.2) is 11.5 Å². The van der Waals surface area contributed by atoms with Gasteiger partial charge in [-0.2, -0.15) is 0 Å². The number of aromatic nitrogens is 2. The first-order valence-corrected chi connectivity index (χ1v) is 15.5. The molecule has 234 valence electrons. The third-order valence-corrected chi connectivity index (χ3v) is 8.83. The summed E-state index contributed by atoms with van der Waals surface area (Å²) in [4.78, 5) is 39.5. The zero-order valence-electron chi connectivity index (χ0n) is 25.6. The van der Waals surface area contributed by atoms with Crippen molar-refractivity contribution in [2.24, 2.45) is 5.92 Å². The lowest BCUT2D eigenvalue weighted by molar-refractivity contribution is -0.143. The summed E-state index contributed by atoms with van der Waals surface area (Å²) in [7, 11) is 0. The van der Waals surface area contributed by atoms with Crippen LogP contribution in [0.2, 0.25) is 0 Å². The van der Waals surface area contributed by atoms with E-state index >= 15 is 0 Å². The minimum Gasteiger partial charge on any atom is -0.481 e. The van der Waals surface area contributed by atoms with Gasteiger partial charge in [-0.05, 0) is 80.1 Å². The van der Waals surface area contributed by atoms with Crippen LogP contribution in [0.1, 0.15) is 68.7 Å². The van der Waals surface area contributed by atoms with Crippen LogP contribution in [0.3, 0.4) is 0 Å². The molecule has 2 aromatic carbocycles. The number of hydrogen-bond donors (Lipinski definition) is 1. The standard InChI is InChI=1S/C34H41FN4O5/c1-4-6-25(7-5-2)39(26-10-11-28(35)22(3)16-26)32(40)19-38-18-27(23-8-13-30-31(17-23)44-21-43-30)33(34(41)42)29(38)12-9-24-14-15-36-20-37-24/h8,10-11,13-17,20,25,27,29,33H,4-7,9,12,18-19,21H2,1-3H3,(H,41,42)/t27-,29+,33-/m1/s1. The van der Waals surface area contributed by atoms with Gasteiger partial charge in [-0.25, -0.2) is 14.4 Å². The van der Waals surface area contributed by atoms with Gasteiger partial charge in [0.25, 0.3) is 0 Å². The number of carboxylic acids is 1. The summed E-state index contributed by atoms with van der Waals surface area (Å²) in [6.45, 7) is 6.45. The number of amides is 1. The largest absolute Gasteiger partial charge is 0.481 e. The molecule has 0 aliphatic carbocycles. The predicted octanol–water partition coefficient (Wildman–Crippen LogP) is 5.76. The Hall–Kier alpha value is -4.05. The number of carboxylic acid groups (broad SMARTS) is 1. The number of aliphatic carboxylic acids is 1. The number of ether oxygens (including phenoxy) is 2. The van der Waals surface area contributed by atoms with Crippen molar-refractivity contribution in [2.45, 2.75) is 77.3 Å². The van der Waals surface area contributed by atoms with E-state index in [4.69, 9.17) is 9.47 Å². The summed E-state index contributed by atoms with van der Waals surface area (Å²) in [5.41, 5.74) is 2.80. The Labute approximate surface area is 258 Å². The van der Waals surface area contributed by atoms with Gasteiger partial charge in [-0.15, -0.1) is 0 Å². The van der Waals surface area contributed by atoms with Crippen molar-refractivity contribution in [1.29, 1.82) is 0 Å². The molecule has 0 saturated carbocycles. The molecule has 5 rings (SSSR count). The average molecular weight is 605 g/mol. The smallest absolute Gasteiger partial charge is 0.308 e. The molecule has 1 aromatic heterocycles.